The highest BCUT2D eigenvalue weighted by Crippen LogP contribution is 2.28. The van der Waals surface area contributed by atoms with Crippen molar-refractivity contribution in [1.82, 2.24) is 10.6 Å². The molecule has 4 nitrogen and oxygen atoms in total. The molecule has 1 fully saturated rings. The van der Waals surface area contributed by atoms with Gasteiger partial charge in [0.2, 0.25) is 5.91 Å². The number of halogens is 1. The number of ether oxygens (including phenoxy) is 1. The van der Waals surface area contributed by atoms with Crippen LogP contribution in [-0.2, 0) is 9.53 Å². The second kappa shape index (κ2) is 11.8. The van der Waals surface area contributed by atoms with Gasteiger partial charge >= 0.3 is 0 Å². The normalized spacial score (nSPS) is 22.6. The van der Waals surface area contributed by atoms with E-state index in [9.17, 15) is 4.79 Å². The standard InChI is InChI=1S/C13H26N2O2S.ClH/c1-3-18-12-6-4-5-11(9-12)15-13(16)10-14-7-8-17-2;/h11-12,14H,3-10H2,1-2H3,(H,15,16);1H. The van der Waals surface area contributed by atoms with Gasteiger partial charge in [-0.1, -0.05) is 13.3 Å². The zero-order valence-electron chi connectivity index (χ0n) is 11.9. The molecule has 0 spiro atoms. The van der Waals surface area contributed by atoms with Gasteiger partial charge in [0.25, 0.3) is 0 Å². The van der Waals surface area contributed by atoms with Gasteiger partial charge in [-0.05, 0) is 25.0 Å². The smallest absolute Gasteiger partial charge is 0.234 e. The number of hydrogen-bond donors (Lipinski definition) is 2. The SMILES string of the molecule is CCSC1CCCC(NC(=O)CNCCOC)C1.Cl. The molecule has 0 bridgehead atoms. The summed E-state index contributed by atoms with van der Waals surface area (Å²) in [7, 11) is 1.66. The molecule has 0 aromatic heterocycles. The Hall–Kier alpha value is 0.0300. The second-order valence-corrected chi connectivity index (χ2v) is 6.26. The van der Waals surface area contributed by atoms with E-state index in [-0.39, 0.29) is 18.3 Å². The van der Waals surface area contributed by atoms with Crippen LogP contribution in [0.2, 0.25) is 0 Å². The Labute approximate surface area is 127 Å². The molecule has 2 unspecified atom stereocenters. The van der Waals surface area contributed by atoms with E-state index < -0.39 is 0 Å². The number of carbonyl (C=O) groups is 1. The van der Waals surface area contributed by atoms with Crippen LogP contribution in [0.5, 0.6) is 0 Å². The van der Waals surface area contributed by atoms with Crippen LogP contribution in [-0.4, -0.2) is 49.8 Å². The molecule has 6 heteroatoms. The van der Waals surface area contributed by atoms with Crippen molar-refractivity contribution in [3.05, 3.63) is 0 Å². The molecule has 114 valence electrons. The van der Waals surface area contributed by atoms with Crippen molar-refractivity contribution in [3.63, 3.8) is 0 Å². The predicted molar refractivity (Wildman–Crippen MR) is 84.3 cm³/mol. The van der Waals surface area contributed by atoms with E-state index in [1.54, 1.807) is 7.11 Å². The van der Waals surface area contributed by atoms with Crippen molar-refractivity contribution >= 4 is 30.1 Å². The van der Waals surface area contributed by atoms with Gasteiger partial charge in [0.05, 0.1) is 13.2 Å². The summed E-state index contributed by atoms with van der Waals surface area (Å²) in [5, 5.41) is 6.93. The Morgan fingerprint density at radius 1 is 1.42 bits per heavy atom. The van der Waals surface area contributed by atoms with Crippen LogP contribution in [0.25, 0.3) is 0 Å². The van der Waals surface area contributed by atoms with Gasteiger partial charge in [0, 0.05) is 24.9 Å². The van der Waals surface area contributed by atoms with Crippen molar-refractivity contribution in [3.8, 4) is 0 Å². The molecule has 1 rings (SSSR count). The minimum absolute atomic E-state index is 0. The Kier molecular flexibility index (Phi) is 11.8. The number of rotatable bonds is 8. The van der Waals surface area contributed by atoms with E-state index in [0.717, 1.165) is 24.6 Å². The van der Waals surface area contributed by atoms with E-state index >= 15 is 0 Å². The first-order chi connectivity index (χ1) is 8.76. The number of amides is 1. The summed E-state index contributed by atoms with van der Waals surface area (Å²) >= 11 is 2.02. The molecule has 0 radical (unpaired) electrons. The lowest BCUT2D eigenvalue weighted by Crippen LogP contribution is -2.43. The molecule has 0 aromatic carbocycles. The highest BCUT2D eigenvalue weighted by Gasteiger charge is 2.22. The molecule has 0 aromatic rings. The maximum Gasteiger partial charge on any atom is 0.234 e. The molecule has 2 atom stereocenters. The maximum atomic E-state index is 11.7. The highest BCUT2D eigenvalue weighted by atomic mass is 35.5. The van der Waals surface area contributed by atoms with Crippen molar-refractivity contribution in [1.29, 1.82) is 0 Å². The molecular formula is C13H27ClN2O2S. The zero-order chi connectivity index (χ0) is 13.2. The average molecular weight is 311 g/mol. The molecular weight excluding hydrogens is 284 g/mol. The Morgan fingerprint density at radius 3 is 2.89 bits per heavy atom. The molecule has 19 heavy (non-hydrogen) atoms. The first kappa shape index (κ1) is 19.0. The first-order valence-corrected chi connectivity index (χ1v) is 7.91. The summed E-state index contributed by atoms with van der Waals surface area (Å²) in [4.78, 5) is 11.7. The molecule has 1 saturated carbocycles. The lowest BCUT2D eigenvalue weighted by atomic mass is 9.95. The second-order valence-electron chi connectivity index (χ2n) is 4.68. The summed E-state index contributed by atoms with van der Waals surface area (Å²) < 4.78 is 4.92. The third kappa shape index (κ3) is 8.74. The summed E-state index contributed by atoms with van der Waals surface area (Å²) in [6.45, 7) is 3.97. The minimum Gasteiger partial charge on any atom is -0.383 e. The van der Waals surface area contributed by atoms with Gasteiger partial charge < -0.3 is 15.4 Å². The van der Waals surface area contributed by atoms with Gasteiger partial charge in [-0.15, -0.1) is 12.4 Å². The van der Waals surface area contributed by atoms with Gasteiger partial charge in [0.1, 0.15) is 0 Å². The van der Waals surface area contributed by atoms with Crippen molar-refractivity contribution < 1.29 is 9.53 Å². The lowest BCUT2D eigenvalue weighted by Gasteiger charge is -2.29. The fourth-order valence-corrected chi connectivity index (χ4v) is 3.49. The monoisotopic (exact) mass is 310 g/mol. The van der Waals surface area contributed by atoms with Crippen LogP contribution in [0.15, 0.2) is 0 Å². The summed E-state index contributed by atoms with van der Waals surface area (Å²) in [6.07, 6.45) is 4.80. The number of hydrogen-bond acceptors (Lipinski definition) is 4. The fraction of sp³-hybridized carbons (Fsp3) is 0.923. The molecule has 0 heterocycles. The Bertz CT molecular complexity index is 243. The largest absolute Gasteiger partial charge is 0.383 e. The lowest BCUT2D eigenvalue weighted by molar-refractivity contribution is -0.121. The van der Waals surface area contributed by atoms with Crippen LogP contribution in [0.4, 0.5) is 0 Å². The molecule has 1 amide bonds. The van der Waals surface area contributed by atoms with E-state index in [1.165, 1.54) is 18.6 Å². The van der Waals surface area contributed by atoms with Crippen molar-refractivity contribution in [2.24, 2.45) is 0 Å². The van der Waals surface area contributed by atoms with Crippen LogP contribution in [0, 0.1) is 0 Å². The van der Waals surface area contributed by atoms with Crippen LogP contribution >= 0.6 is 24.2 Å². The van der Waals surface area contributed by atoms with Gasteiger partial charge in [-0.2, -0.15) is 11.8 Å². The minimum atomic E-state index is 0. The van der Waals surface area contributed by atoms with Gasteiger partial charge in [-0.3, -0.25) is 4.79 Å². The highest BCUT2D eigenvalue weighted by molar-refractivity contribution is 7.99. The number of methoxy groups -OCH3 is 1. The predicted octanol–water partition coefficient (Wildman–Crippen LogP) is 1.82. The summed E-state index contributed by atoms with van der Waals surface area (Å²) in [5.41, 5.74) is 0. The molecule has 0 saturated heterocycles. The fourth-order valence-electron chi connectivity index (χ4n) is 2.32. The molecule has 1 aliphatic carbocycles. The topological polar surface area (TPSA) is 50.4 Å². The van der Waals surface area contributed by atoms with Gasteiger partial charge in [-0.25, -0.2) is 0 Å². The van der Waals surface area contributed by atoms with E-state index in [0.29, 0.717) is 19.2 Å². The molecule has 2 N–H and O–H groups in total. The third-order valence-corrected chi connectivity index (χ3v) is 4.39. The quantitative estimate of drug-likeness (QED) is 0.672. The van der Waals surface area contributed by atoms with E-state index in [2.05, 4.69) is 17.6 Å². The maximum absolute atomic E-state index is 11.7. The van der Waals surface area contributed by atoms with Crippen LogP contribution < -0.4 is 10.6 Å². The summed E-state index contributed by atoms with van der Waals surface area (Å²) in [5.74, 6) is 1.28. The zero-order valence-corrected chi connectivity index (χ0v) is 13.6. The van der Waals surface area contributed by atoms with Crippen molar-refractivity contribution in [2.75, 3.05) is 32.6 Å². The number of carbonyl (C=O) groups excluding carboxylic acids is 1. The van der Waals surface area contributed by atoms with E-state index in [4.69, 9.17) is 4.74 Å². The summed E-state index contributed by atoms with van der Waals surface area (Å²) in [6, 6.07) is 0.375. The molecule has 0 aliphatic heterocycles. The average Bonchev–Trinajstić information content (AvgIpc) is 2.35. The Morgan fingerprint density at radius 2 is 2.21 bits per heavy atom. The molecule has 1 aliphatic rings. The number of thioether (sulfide) groups is 1. The number of nitrogens with one attached hydrogen (secondary N) is 2. The van der Waals surface area contributed by atoms with E-state index in [1.807, 2.05) is 11.8 Å². The third-order valence-electron chi connectivity index (χ3n) is 3.16. The Balaban J connectivity index is 0.00000324. The van der Waals surface area contributed by atoms with Crippen molar-refractivity contribution in [2.45, 2.75) is 43.9 Å². The van der Waals surface area contributed by atoms with Crippen LogP contribution in [0.3, 0.4) is 0 Å². The first-order valence-electron chi connectivity index (χ1n) is 6.86. The van der Waals surface area contributed by atoms with Crippen LogP contribution in [0.1, 0.15) is 32.6 Å². The van der Waals surface area contributed by atoms with Gasteiger partial charge in [0.15, 0.2) is 0 Å².